The molecule has 0 spiro atoms. The van der Waals surface area contributed by atoms with Crippen molar-refractivity contribution in [1.82, 2.24) is 24.6 Å². The molecule has 2 aromatic heterocycles. The van der Waals surface area contributed by atoms with E-state index in [-0.39, 0.29) is 5.91 Å². The zero-order valence-electron chi connectivity index (χ0n) is 12.9. The number of thioether (sulfide) groups is 1. The lowest BCUT2D eigenvalue weighted by molar-refractivity contribution is 0.0753. The molecule has 1 aliphatic rings. The van der Waals surface area contributed by atoms with Gasteiger partial charge in [-0.15, -0.1) is 21.5 Å². The van der Waals surface area contributed by atoms with Crippen LogP contribution < -0.4 is 0 Å². The van der Waals surface area contributed by atoms with Gasteiger partial charge in [-0.25, -0.2) is 4.98 Å². The second-order valence-electron chi connectivity index (χ2n) is 5.53. The van der Waals surface area contributed by atoms with Crippen LogP contribution in [0.5, 0.6) is 0 Å². The first kappa shape index (κ1) is 15.5. The topological polar surface area (TPSA) is 63.9 Å². The summed E-state index contributed by atoms with van der Waals surface area (Å²) in [6, 6.07) is 0. The van der Waals surface area contributed by atoms with Crippen LogP contribution in [0.3, 0.4) is 0 Å². The summed E-state index contributed by atoms with van der Waals surface area (Å²) >= 11 is 3.09. The van der Waals surface area contributed by atoms with Crippen LogP contribution in [-0.4, -0.2) is 49.9 Å². The SMILES string of the molecule is CSc1nc(C(=O)N2CCc3nnc(C(C)C)n3CC2)cs1. The number of hydrogen-bond acceptors (Lipinski definition) is 6. The number of rotatable bonds is 3. The number of thiazole rings is 1. The summed E-state index contributed by atoms with van der Waals surface area (Å²) in [5.41, 5.74) is 0.552. The number of carbonyl (C=O) groups excluding carboxylic acids is 1. The fourth-order valence-corrected chi connectivity index (χ4v) is 3.82. The number of carbonyl (C=O) groups is 1. The molecule has 22 heavy (non-hydrogen) atoms. The predicted molar refractivity (Wildman–Crippen MR) is 87.6 cm³/mol. The average molecular weight is 337 g/mol. The van der Waals surface area contributed by atoms with Crippen LogP contribution in [-0.2, 0) is 13.0 Å². The Morgan fingerprint density at radius 1 is 1.32 bits per heavy atom. The molecule has 0 atom stereocenters. The maximum absolute atomic E-state index is 12.6. The summed E-state index contributed by atoms with van der Waals surface area (Å²) in [5, 5.41) is 10.4. The van der Waals surface area contributed by atoms with Crippen molar-refractivity contribution in [2.24, 2.45) is 0 Å². The molecule has 1 amide bonds. The highest BCUT2D eigenvalue weighted by Crippen LogP contribution is 2.22. The highest BCUT2D eigenvalue weighted by Gasteiger charge is 2.24. The zero-order valence-corrected chi connectivity index (χ0v) is 14.6. The van der Waals surface area contributed by atoms with Gasteiger partial charge < -0.3 is 9.47 Å². The predicted octanol–water partition coefficient (Wildman–Crippen LogP) is 2.28. The van der Waals surface area contributed by atoms with Gasteiger partial charge in [0.1, 0.15) is 21.7 Å². The number of fused-ring (bicyclic) bond motifs is 1. The first-order chi connectivity index (χ1) is 10.6. The molecule has 0 bridgehead atoms. The van der Waals surface area contributed by atoms with E-state index in [1.54, 1.807) is 11.8 Å². The van der Waals surface area contributed by atoms with Gasteiger partial charge in [0.2, 0.25) is 0 Å². The van der Waals surface area contributed by atoms with Crippen molar-refractivity contribution in [3.05, 3.63) is 22.7 Å². The van der Waals surface area contributed by atoms with E-state index in [4.69, 9.17) is 0 Å². The van der Waals surface area contributed by atoms with Crippen molar-refractivity contribution in [3.63, 3.8) is 0 Å². The number of hydrogen-bond donors (Lipinski definition) is 0. The van der Waals surface area contributed by atoms with Gasteiger partial charge >= 0.3 is 0 Å². The van der Waals surface area contributed by atoms with Crippen LogP contribution in [0.1, 0.15) is 41.9 Å². The quantitative estimate of drug-likeness (QED) is 0.804. The molecule has 1 aliphatic heterocycles. The molecule has 0 aromatic carbocycles. The van der Waals surface area contributed by atoms with E-state index in [1.807, 2.05) is 16.5 Å². The lowest BCUT2D eigenvalue weighted by Gasteiger charge is -2.19. The smallest absolute Gasteiger partial charge is 0.273 e. The minimum absolute atomic E-state index is 0.0151. The first-order valence-corrected chi connectivity index (χ1v) is 9.41. The van der Waals surface area contributed by atoms with Gasteiger partial charge in [-0.3, -0.25) is 4.79 Å². The lowest BCUT2D eigenvalue weighted by Crippen LogP contribution is -2.34. The molecule has 3 heterocycles. The van der Waals surface area contributed by atoms with Gasteiger partial charge in [-0.1, -0.05) is 25.6 Å². The molecular formula is C14H19N5OS2. The van der Waals surface area contributed by atoms with E-state index < -0.39 is 0 Å². The van der Waals surface area contributed by atoms with E-state index in [1.165, 1.54) is 11.3 Å². The Bertz CT molecular complexity index is 679. The molecule has 8 heteroatoms. The van der Waals surface area contributed by atoms with E-state index in [2.05, 4.69) is 33.6 Å². The van der Waals surface area contributed by atoms with Crippen molar-refractivity contribution in [2.45, 2.75) is 37.1 Å². The Morgan fingerprint density at radius 2 is 2.14 bits per heavy atom. The van der Waals surface area contributed by atoms with Crippen molar-refractivity contribution in [3.8, 4) is 0 Å². The fourth-order valence-electron chi connectivity index (χ4n) is 2.59. The summed E-state index contributed by atoms with van der Waals surface area (Å²) < 4.78 is 3.09. The summed E-state index contributed by atoms with van der Waals surface area (Å²) in [7, 11) is 0. The lowest BCUT2D eigenvalue weighted by atomic mass is 10.2. The normalized spacial score (nSPS) is 15.0. The van der Waals surface area contributed by atoms with Crippen LogP contribution in [0.25, 0.3) is 0 Å². The van der Waals surface area contributed by atoms with Crippen LogP contribution >= 0.6 is 23.1 Å². The van der Waals surface area contributed by atoms with Gasteiger partial charge in [0, 0.05) is 37.4 Å². The third-order valence-electron chi connectivity index (χ3n) is 3.74. The average Bonchev–Trinajstić information content (AvgIpc) is 3.09. The minimum atomic E-state index is 0.0151. The maximum atomic E-state index is 12.6. The molecule has 0 radical (unpaired) electrons. The second kappa shape index (κ2) is 6.37. The summed E-state index contributed by atoms with van der Waals surface area (Å²) in [6.07, 6.45) is 2.71. The van der Waals surface area contributed by atoms with Crippen molar-refractivity contribution in [1.29, 1.82) is 0 Å². The standard InChI is InChI=1S/C14H19N5OS2/c1-9(2)12-17-16-11-4-5-18(6-7-19(11)12)13(20)10-8-22-14(15-10)21-3/h8-9H,4-7H2,1-3H3. The number of nitrogens with zero attached hydrogens (tertiary/aromatic N) is 5. The Morgan fingerprint density at radius 3 is 2.82 bits per heavy atom. The summed E-state index contributed by atoms with van der Waals surface area (Å²) in [4.78, 5) is 18.8. The minimum Gasteiger partial charge on any atom is -0.335 e. The highest BCUT2D eigenvalue weighted by molar-refractivity contribution is 8.00. The Hall–Kier alpha value is -1.41. The Labute approximate surface area is 137 Å². The third kappa shape index (κ3) is 2.89. The molecule has 0 fully saturated rings. The van der Waals surface area contributed by atoms with Crippen molar-refractivity contribution >= 4 is 29.0 Å². The van der Waals surface area contributed by atoms with Crippen molar-refractivity contribution < 1.29 is 4.79 Å². The van der Waals surface area contributed by atoms with Gasteiger partial charge in [0.25, 0.3) is 5.91 Å². The van der Waals surface area contributed by atoms with Gasteiger partial charge in [0.05, 0.1) is 0 Å². The van der Waals surface area contributed by atoms with Crippen LogP contribution in [0.4, 0.5) is 0 Å². The maximum Gasteiger partial charge on any atom is 0.273 e. The van der Waals surface area contributed by atoms with Crippen LogP contribution in [0.15, 0.2) is 9.72 Å². The van der Waals surface area contributed by atoms with E-state index >= 15 is 0 Å². The molecule has 2 aromatic rings. The summed E-state index contributed by atoms with van der Waals surface area (Å²) in [5.74, 6) is 2.33. The van der Waals surface area contributed by atoms with Gasteiger partial charge in [0.15, 0.2) is 0 Å². The third-order valence-corrected chi connectivity index (χ3v) is 5.60. The first-order valence-electron chi connectivity index (χ1n) is 7.31. The largest absolute Gasteiger partial charge is 0.335 e. The molecule has 0 unspecified atom stereocenters. The van der Waals surface area contributed by atoms with Crippen molar-refractivity contribution in [2.75, 3.05) is 19.3 Å². The number of amides is 1. The van der Waals surface area contributed by atoms with E-state index in [9.17, 15) is 4.79 Å². The molecule has 3 rings (SSSR count). The summed E-state index contributed by atoms with van der Waals surface area (Å²) in [6.45, 7) is 6.33. The fraction of sp³-hybridized carbons (Fsp3) is 0.571. The Balaban J connectivity index is 1.75. The molecule has 0 aliphatic carbocycles. The Kier molecular flexibility index (Phi) is 4.49. The molecule has 6 nitrogen and oxygen atoms in total. The monoisotopic (exact) mass is 337 g/mol. The van der Waals surface area contributed by atoms with Gasteiger partial charge in [-0.2, -0.15) is 0 Å². The number of aromatic nitrogens is 4. The molecular weight excluding hydrogens is 318 g/mol. The molecule has 0 saturated carbocycles. The highest BCUT2D eigenvalue weighted by atomic mass is 32.2. The second-order valence-corrected chi connectivity index (χ2v) is 7.44. The van der Waals surface area contributed by atoms with E-state index in [0.29, 0.717) is 24.7 Å². The molecule has 0 N–H and O–H groups in total. The zero-order chi connectivity index (χ0) is 15.7. The molecule has 0 saturated heterocycles. The van der Waals surface area contributed by atoms with Crippen LogP contribution in [0.2, 0.25) is 0 Å². The van der Waals surface area contributed by atoms with Gasteiger partial charge in [-0.05, 0) is 6.26 Å². The molecule has 118 valence electrons. The van der Waals surface area contributed by atoms with E-state index in [0.717, 1.165) is 29.0 Å². The van der Waals surface area contributed by atoms with Crippen LogP contribution in [0, 0.1) is 0 Å².